The molecule has 0 heterocycles. The second kappa shape index (κ2) is 11.1. The molecule has 27 heavy (non-hydrogen) atoms. The van der Waals surface area contributed by atoms with E-state index in [0.717, 1.165) is 31.2 Å². The van der Waals surface area contributed by atoms with Crippen LogP contribution in [0.4, 0.5) is 5.69 Å². The van der Waals surface area contributed by atoms with Gasteiger partial charge in [0.25, 0.3) is 5.91 Å². The molecule has 0 aliphatic rings. The van der Waals surface area contributed by atoms with Gasteiger partial charge in [-0.15, -0.1) is 0 Å². The third kappa shape index (κ3) is 7.16. The van der Waals surface area contributed by atoms with Crippen LogP contribution in [0.3, 0.4) is 0 Å². The van der Waals surface area contributed by atoms with E-state index in [9.17, 15) is 10.1 Å². The summed E-state index contributed by atoms with van der Waals surface area (Å²) >= 11 is 5.96. The minimum Gasteiger partial charge on any atom is -0.389 e. The molecule has 2 aromatic carbocycles. The zero-order valence-electron chi connectivity index (χ0n) is 15.5. The number of nitrogens with zero attached hydrogens (tertiary/aromatic N) is 1. The summed E-state index contributed by atoms with van der Waals surface area (Å²) in [6.45, 7) is 2.76. The topological polar surface area (TPSA) is 64.9 Å². The highest BCUT2D eigenvalue weighted by Gasteiger charge is 2.09. The molecule has 0 aliphatic heterocycles. The lowest BCUT2D eigenvalue weighted by atomic mass is 10.1. The molecule has 140 valence electrons. The van der Waals surface area contributed by atoms with Crippen molar-refractivity contribution in [3.05, 3.63) is 76.5 Å². The van der Waals surface area contributed by atoms with Crippen molar-refractivity contribution in [2.24, 2.45) is 0 Å². The van der Waals surface area contributed by atoms with Crippen LogP contribution in [0.15, 0.2) is 60.3 Å². The van der Waals surface area contributed by atoms with Crippen molar-refractivity contribution in [3.63, 3.8) is 0 Å². The van der Waals surface area contributed by atoms with E-state index in [1.54, 1.807) is 0 Å². The minimum atomic E-state index is -0.422. The number of nitrogens with one attached hydrogen (secondary N) is 2. The number of carbonyl (C=O) groups excluding carboxylic acids is 1. The predicted octanol–water partition coefficient (Wildman–Crippen LogP) is 4.86. The molecule has 2 N–H and O–H groups in total. The molecule has 2 rings (SSSR count). The SMILES string of the molecule is CCCCc1ccc(NC(=O)/C(C#N)=C\NCCc2cccc(Cl)c2)cc1. The van der Waals surface area contributed by atoms with E-state index in [0.29, 0.717) is 17.3 Å². The number of amides is 1. The standard InChI is InChI=1S/C22H24ClN3O/c1-2-3-5-17-8-10-21(11-9-17)26-22(27)19(15-24)16-25-13-12-18-6-4-7-20(23)14-18/h4,6-11,14,16,25H,2-3,5,12-13H2,1H3,(H,26,27)/b19-16-. The molecule has 0 saturated heterocycles. The van der Waals surface area contributed by atoms with Crippen LogP contribution in [0.5, 0.6) is 0 Å². The van der Waals surface area contributed by atoms with Gasteiger partial charge in [0.2, 0.25) is 0 Å². The zero-order chi connectivity index (χ0) is 19.5. The number of halogens is 1. The van der Waals surface area contributed by atoms with Crippen molar-refractivity contribution in [1.82, 2.24) is 5.32 Å². The molecule has 0 saturated carbocycles. The molecule has 0 radical (unpaired) electrons. The van der Waals surface area contributed by atoms with Crippen molar-refractivity contribution in [1.29, 1.82) is 5.26 Å². The van der Waals surface area contributed by atoms with Gasteiger partial charge in [0.15, 0.2) is 0 Å². The summed E-state index contributed by atoms with van der Waals surface area (Å²) in [4.78, 5) is 12.3. The molecule has 0 fully saturated rings. The Balaban J connectivity index is 1.85. The normalized spacial score (nSPS) is 10.9. The number of hydrogen-bond donors (Lipinski definition) is 2. The van der Waals surface area contributed by atoms with E-state index < -0.39 is 5.91 Å². The number of aryl methyl sites for hydroxylation is 1. The largest absolute Gasteiger partial charge is 0.389 e. The highest BCUT2D eigenvalue weighted by molar-refractivity contribution is 6.30. The van der Waals surface area contributed by atoms with E-state index >= 15 is 0 Å². The van der Waals surface area contributed by atoms with Crippen LogP contribution < -0.4 is 10.6 Å². The third-order valence-corrected chi connectivity index (χ3v) is 4.32. The Hall–Kier alpha value is -2.77. The maximum Gasteiger partial charge on any atom is 0.267 e. The van der Waals surface area contributed by atoms with Crippen LogP contribution in [-0.2, 0) is 17.6 Å². The third-order valence-electron chi connectivity index (χ3n) is 4.09. The highest BCUT2D eigenvalue weighted by atomic mass is 35.5. The Kier molecular flexibility index (Phi) is 8.41. The average Bonchev–Trinajstić information content (AvgIpc) is 2.67. The van der Waals surface area contributed by atoms with Gasteiger partial charge in [-0.25, -0.2) is 0 Å². The van der Waals surface area contributed by atoms with Gasteiger partial charge in [-0.2, -0.15) is 5.26 Å². The molecule has 0 bridgehead atoms. The zero-order valence-corrected chi connectivity index (χ0v) is 16.2. The van der Waals surface area contributed by atoms with Crippen molar-refractivity contribution in [2.75, 3.05) is 11.9 Å². The first-order valence-electron chi connectivity index (χ1n) is 9.10. The number of hydrogen-bond acceptors (Lipinski definition) is 3. The Morgan fingerprint density at radius 1 is 1.15 bits per heavy atom. The molecule has 0 aromatic heterocycles. The van der Waals surface area contributed by atoms with E-state index in [4.69, 9.17) is 11.6 Å². The second-order valence-corrected chi connectivity index (χ2v) is 6.69. The lowest BCUT2D eigenvalue weighted by Gasteiger charge is -2.07. The summed E-state index contributed by atoms with van der Waals surface area (Å²) < 4.78 is 0. The first kappa shape index (κ1) is 20.5. The van der Waals surface area contributed by atoms with Crippen LogP contribution in [-0.4, -0.2) is 12.5 Å². The summed E-state index contributed by atoms with van der Waals surface area (Å²) in [7, 11) is 0. The van der Waals surface area contributed by atoms with Crippen LogP contribution >= 0.6 is 11.6 Å². The van der Waals surface area contributed by atoms with Gasteiger partial charge in [0.05, 0.1) is 0 Å². The Morgan fingerprint density at radius 3 is 2.59 bits per heavy atom. The maximum atomic E-state index is 12.3. The fourth-order valence-corrected chi connectivity index (χ4v) is 2.78. The van der Waals surface area contributed by atoms with Gasteiger partial charge in [-0.05, 0) is 54.7 Å². The number of benzene rings is 2. The molecule has 0 atom stereocenters. The molecule has 1 amide bonds. The van der Waals surface area contributed by atoms with Gasteiger partial charge < -0.3 is 10.6 Å². The van der Waals surface area contributed by atoms with Crippen LogP contribution in [0, 0.1) is 11.3 Å². The highest BCUT2D eigenvalue weighted by Crippen LogP contribution is 2.13. The number of unbranched alkanes of at least 4 members (excludes halogenated alkanes) is 1. The molecular weight excluding hydrogens is 358 g/mol. The summed E-state index contributed by atoms with van der Waals surface area (Å²) in [6.07, 6.45) is 5.53. The smallest absolute Gasteiger partial charge is 0.267 e. The monoisotopic (exact) mass is 381 g/mol. The number of nitriles is 1. The molecule has 0 spiro atoms. The Labute approximate surface area is 165 Å². The number of anilines is 1. The van der Waals surface area contributed by atoms with E-state index in [2.05, 4.69) is 17.6 Å². The molecule has 0 aliphatic carbocycles. The van der Waals surface area contributed by atoms with Crippen molar-refractivity contribution >= 4 is 23.2 Å². The number of rotatable bonds is 9. The quantitative estimate of drug-likeness (QED) is 0.370. The summed E-state index contributed by atoms with van der Waals surface area (Å²) in [6, 6.07) is 17.3. The molecular formula is C22H24ClN3O. The van der Waals surface area contributed by atoms with Crippen molar-refractivity contribution < 1.29 is 4.79 Å². The fraction of sp³-hybridized carbons (Fsp3) is 0.273. The summed E-state index contributed by atoms with van der Waals surface area (Å²) in [5.41, 5.74) is 3.06. The molecule has 0 unspecified atom stereocenters. The van der Waals surface area contributed by atoms with Gasteiger partial charge in [-0.1, -0.05) is 49.2 Å². The van der Waals surface area contributed by atoms with Gasteiger partial charge in [-0.3, -0.25) is 4.79 Å². The molecule has 5 heteroatoms. The van der Waals surface area contributed by atoms with Crippen LogP contribution in [0.2, 0.25) is 5.02 Å². The first-order chi connectivity index (χ1) is 13.1. The van der Waals surface area contributed by atoms with Gasteiger partial charge in [0.1, 0.15) is 11.6 Å². The van der Waals surface area contributed by atoms with E-state index in [1.165, 1.54) is 11.8 Å². The Bertz CT molecular complexity index is 822. The van der Waals surface area contributed by atoms with E-state index in [1.807, 2.05) is 54.6 Å². The predicted molar refractivity (Wildman–Crippen MR) is 111 cm³/mol. The van der Waals surface area contributed by atoms with Gasteiger partial charge in [0, 0.05) is 23.5 Å². The lowest BCUT2D eigenvalue weighted by Crippen LogP contribution is -2.18. The fourth-order valence-electron chi connectivity index (χ4n) is 2.57. The van der Waals surface area contributed by atoms with Crippen LogP contribution in [0.1, 0.15) is 30.9 Å². The average molecular weight is 382 g/mol. The minimum absolute atomic E-state index is 0.0381. The van der Waals surface area contributed by atoms with E-state index in [-0.39, 0.29) is 5.57 Å². The van der Waals surface area contributed by atoms with Gasteiger partial charge >= 0.3 is 0 Å². The second-order valence-electron chi connectivity index (χ2n) is 6.26. The summed E-state index contributed by atoms with van der Waals surface area (Å²) in [5.74, 6) is -0.422. The maximum absolute atomic E-state index is 12.3. The molecule has 4 nitrogen and oxygen atoms in total. The van der Waals surface area contributed by atoms with Crippen LogP contribution in [0.25, 0.3) is 0 Å². The first-order valence-corrected chi connectivity index (χ1v) is 9.48. The summed E-state index contributed by atoms with van der Waals surface area (Å²) in [5, 5.41) is 15.7. The molecule has 2 aromatic rings. The van der Waals surface area contributed by atoms with Crippen molar-refractivity contribution in [3.8, 4) is 6.07 Å². The Morgan fingerprint density at radius 2 is 1.93 bits per heavy atom. The van der Waals surface area contributed by atoms with Crippen molar-refractivity contribution in [2.45, 2.75) is 32.6 Å². The number of carbonyl (C=O) groups is 1. The lowest BCUT2D eigenvalue weighted by molar-refractivity contribution is -0.112.